The number of para-hydroxylation sites is 2. The summed E-state index contributed by atoms with van der Waals surface area (Å²) in [5.74, 6) is 0.216. The molecule has 0 amide bonds. The minimum absolute atomic E-state index is 0.282. The maximum absolute atomic E-state index is 12.9. The van der Waals surface area contributed by atoms with E-state index in [0.29, 0.717) is 5.82 Å². The molecule has 0 aliphatic carbocycles. The molecule has 0 fully saturated rings. The molecule has 152 valence electrons. The highest BCUT2D eigenvalue weighted by Gasteiger charge is 2.25. The number of fused-ring (bicyclic) bond motifs is 1. The summed E-state index contributed by atoms with van der Waals surface area (Å²) in [5.41, 5.74) is 4.21. The summed E-state index contributed by atoms with van der Waals surface area (Å²) in [7, 11) is 0. The zero-order valence-electron chi connectivity index (χ0n) is 17.1. The fourth-order valence-electron chi connectivity index (χ4n) is 3.88. The molecule has 0 saturated heterocycles. The molecule has 0 aliphatic heterocycles. The monoisotopic (exact) mass is 407 g/mol. The third-order valence-electron chi connectivity index (χ3n) is 5.24. The lowest BCUT2D eigenvalue weighted by molar-refractivity contribution is 0.0520. The summed E-state index contributed by atoms with van der Waals surface area (Å²) in [4.78, 5) is 17.4. The first-order chi connectivity index (χ1) is 15.3. The molecule has 0 unspecified atom stereocenters. The molecule has 0 saturated carbocycles. The van der Waals surface area contributed by atoms with Gasteiger partial charge in [0.2, 0.25) is 0 Å². The average molecular weight is 407 g/mol. The Morgan fingerprint density at radius 2 is 1.58 bits per heavy atom. The molecule has 3 aromatic carbocycles. The van der Waals surface area contributed by atoms with E-state index in [4.69, 9.17) is 4.74 Å². The van der Waals surface area contributed by atoms with Crippen LogP contribution in [0.4, 0.5) is 0 Å². The molecule has 0 spiro atoms. The average Bonchev–Trinajstić information content (AvgIpc) is 3.42. The van der Waals surface area contributed by atoms with Gasteiger partial charge < -0.3 is 4.74 Å². The number of rotatable bonds is 5. The Hall–Kier alpha value is -4.12. The van der Waals surface area contributed by atoms with Gasteiger partial charge >= 0.3 is 5.97 Å². The molecule has 5 nitrogen and oxygen atoms in total. The summed E-state index contributed by atoms with van der Waals surface area (Å²) in [6.07, 6.45) is 1.68. The predicted molar refractivity (Wildman–Crippen MR) is 122 cm³/mol. The van der Waals surface area contributed by atoms with Crippen LogP contribution in [0.5, 0.6) is 0 Å². The van der Waals surface area contributed by atoms with Crippen LogP contribution < -0.4 is 0 Å². The first-order valence-electron chi connectivity index (χ1n) is 10.2. The Kier molecular flexibility index (Phi) is 4.84. The first-order valence-corrected chi connectivity index (χ1v) is 10.2. The van der Waals surface area contributed by atoms with Gasteiger partial charge in [-0.2, -0.15) is 0 Å². The van der Waals surface area contributed by atoms with Crippen LogP contribution in [0.1, 0.15) is 17.4 Å². The van der Waals surface area contributed by atoms with Crippen LogP contribution in [0, 0.1) is 0 Å². The van der Waals surface area contributed by atoms with Gasteiger partial charge in [-0.05, 0) is 36.8 Å². The van der Waals surface area contributed by atoms with Gasteiger partial charge in [-0.15, -0.1) is 0 Å². The third-order valence-corrected chi connectivity index (χ3v) is 5.24. The van der Waals surface area contributed by atoms with Gasteiger partial charge in [-0.3, -0.25) is 9.13 Å². The molecule has 0 N–H and O–H groups in total. The SMILES string of the molecule is CCOC(=O)c1ncn(-c2ccccc2)c1-n1c(-c2ccccc2)cc2ccccc21. The molecule has 5 heteroatoms. The van der Waals surface area contributed by atoms with E-state index in [9.17, 15) is 4.79 Å². The van der Waals surface area contributed by atoms with E-state index in [1.54, 1.807) is 13.3 Å². The number of imidazole rings is 1. The standard InChI is InChI=1S/C26H21N3O2/c1-2-31-26(30)24-25(28(18-27-24)21-14-7-4-8-15-21)29-22-16-10-9-13-20(22)17-23(29)19-11-5-3-6-12-19/h3-18H,2H2,1H3. The van der Waals surface area contributed by atoms with Gasteiger partial charge in [-0.25, -0.2) is 9.78 Å². The summed E-state index contributed by atoms with van der Waals surface area (Å²) in [6, 6.07) is 30.3. The van der Waals surface area contributed by atoms with E-state index in [1.807, 2.05) is 65.2 Å². The van der Waals surface area contributed by atoms with E-state index in [2.05, 4.69) is 39.9 Å². The van der Waals surface area contributed by atoms with Crippen molar-refractivity contribution in [3.63, 3.8) is 0 Å². The largest absolute Gasteiger partial charge is 0.461 e. The van der Waals surface area contributed by atoms with E-state index >= 15 is 0 Å². The summed E-state index contributed by atoms with van der Waals surface area (Å²) in [5, 5.41) is 1.08. The van der Waals surface area contributed by atoms with Crippen LogP contribution in [0.15, 0.2) is 97.3 Å². The minimum Gasteiger partial charge on any atom is -0.461 e. The second-order valence-corrected chi connectivity index (χ2v) is 7.13. The molecular weight excluding hydrogens is 386 g/mol. The maximum Gasteiger partial charge on any atom is 0.360 e. The molecule has 2 heterocycles. The molecule has 0 aliphatic rings. The normalized spacial score (nSPS) is 11.0. The van der Waals surface area contributed by atoms with Crippen LogP contribution in [0.3, 0.4) is 0 Å². The second-order valence-electron chi connectivity index (χ2n) is 7.13. The summed E-state index contributed by atoms with van der Waals surface area (Å²) < 4.78 is 9.38. The number of hydrogen-bond acceptors (Lipinski definition) is 3. The molecule has 31 heavy (non-hydrogen) atoms. The van der Waals surface area contributed by atoms with E-state index in [-0.39, 0.29) is 12.3 Å². The van der Waals surface area contributed by atoms with E-state index < -0.39 is 5.97 Å². The molecule has 2 aromatic heterocycles. The first kappa shape index (κ1) is 18.9. The van der Waals surface area contributed by atoms with Gasteiger partial charge in [0, 0.05) is 11.1 Å². The number of aromatic nitrogens is 3. The maximum atomic E-state index is 12.9. The van der Waals surface area contributed by atoms with Crippen molar-refractivity contribution >= 4 is 16.9 Å². The Labute approximate surface area is 180 Å². The fourth-order valence-corrected chi connectivity index (χ4v) is 3.88. The molecule has 0 atom stereocenters. The zero-order valence-corrected chi connectivity index (χ0v) is 17.1. The zero-order chi connectivity index (χ0) is 21.2. The van der Waals surface area contributed by atoms with E-state index in [1.165, 1.54) is 0 Å². The van der Waals surface area contributed by atoms with Crippen molar-refractivity contribution in [2.75, 3.05) is 6.61 Å². The van der Waals surface area contributed by atoms with Crippen LogP contribution >= 0.6 is 0 Å². The molecule has 5 aromatic rings. The summed E-state index contributed by atoms with van der Waals surface area (Å²) >= 11 is 0. The van der Waals surface area contributed by atoms with Crippen LogP contribution in [-0.2, 0) is 4.74 Å². The highest BCUT2D eigenvalue weighted by atomic mass is 16.5. The van der Waals surface area contributed by atoms with Gasteiger partial charge in [0.1, 0.15) is 6.33 Å². The summed E-state index contributed by atoms with van der Waals surface area (Å²) in [6.45, 7) is 2.08. The quantitative estimate of drug-likeness (QED) is 0.353. The number of carbonyl (C=O) groups is 1. The van der Waals surface area contributed by atoms with Gasteiger partial charge in [0.05, 0.1) is 17.8 Å². The van der Waals surface area contributed by atoms with Crippen LogP contribution in [0.25, 0.3) is 33.7 Å². The minimum atomic E-state index is -0.441. The Morgan fingerprint density at radius 3 is 2.32 bits per heavy atom. The predicted octanol–water partition coefficient (Wildman–Crippen LogP) is 5.66. The van der Waals surface area contributed by atoms with Crippen molar-refractivity contribution in [2.45, 2.75) is 6.92 Å². The smallest absolute Gasteiger partial charge is 0.360 e. The second kappa shape index (κ2) is 7.95. The van der Waals surface area contributed by atoms with Gasteiger partial charge in [-0.1, -0.05) is 66.7 Å². The molecule has 0 radical (unpaired) electrons. The fraction of sp³-hybridized carbons (Fsp3) is 0.0769. The van der Waals surface area contributed by atoms with Crippen LogP contribution in [-0.4, -0.2) is 26.7 Å². The number of nitrogens with zero attached hydrogens (tertiary/aromatic N) is 3. The highest BCUT2D eigenvalue weighted by Crippen LogP contribution is 2.34. The van der Waals surface area contributed by atoms with Crippen molar-refractivity contribution in [3.8, 4) is 22.8 Å². The number of hydrogen-bond donors (Lipinski definition) is 0. The van der Waals surface area contributed by atoms with Crippen molar-refractivity contribution in [1.29, 1.82) is 0 Å². The Balaban J connectivity index is 1.86. The van der Waals surface area contributed by atoms with Crippen molar-refractivity contribution in [2.24, 2.45) is 0 Å². The number of esters is 1. The third kappa shape index (κ3) is 3.30. The number of ether oxygens (including phenoxy) is 1. The van der Waals surface area contributed by atoms with Crippen molar-refractivity contribution in [3.05, 3.63) is 103 Å². The van der Waals surface area contributed by atoms with Crippen LogP contribution in [0.2, 0.25) is 0 Å². The Morgan fingerprint density at radius 1 is 0.903 bits per heavy atom. The van der Waals surface area contributed by atoms with Gasteiger partial charge in [0.15, 0.2) is 11.5 Å². The number of benzene rings is 3. The Bertz CT molecular complexity index is 1350. The van der Waals surface area contributed by atoms with Gasteiger partial charge in [0.25, 0.3) is 0 Å². The lowest BCUT2D eigenvalue weighted by Crippen LogP contribution is -2.13. The molecular formula is C26H21N3O2. The highest BCUT2D eigenvalue weighted by molar-refractivity contribution is 5.95. The van der Waals surface area contributed by atoms with Crippen molar-refractivity contribution < 1.29 is 9.53 Å². The lowest BCUT2D eigenvalue weighted by Gasteiger charge is -2.16. The topological polar surface area (TPSA) is 49.0 Å². The molecule has 0 bridgehead atoms. The number of carbonyl (C=O) groups excluding carboxylic acids is 1. The lowest BCUT2D eigenvalue weighted by atomic mass is 10.1. The van der Waals surface area contributed by atoms with E-state index in [0.717, 1.165) is 27.8 Å². The van der Waals surface area contributed by atoms with Crippen molar-refractivity contribution in [1.82, 2.24) is 14.1 Å². The molecule has 5 rings (SSSR count).